The molecule has 1 fully saturated rings. The van der Waals surface area contributed by atoms with Crippen LogP contribution in [0.4, 0.5) is 0 Å². The van der Waals surface area contributed by atoms with Gasteiger partial charge in [0.15, 0.2) is 0 Å². The fraction of sp³-hybridized carbons (Fsp3) is 0.417. The molecule has 6 nitrogen and oxygen atoms in total. The summed E-state index contributed by atoms with van der Waals surface area (Å²) in [5, 5.41) is 4.64. The summed E-state index contributed by atoms with van der Waals surface area (Å²) < 4.78 is 44.2. The van der Waals surface area contributed by atoms with Crippen molar-refractivity contribution in [3.8, 4) is 5.75 Å². The van der Waals surface area contributed by atoms with E-state index in [9.17, 15) is 8.42 Å². The van der Waals surface area contributed by atoms with Gasteiger partial charge in [-0.05, 0) is 63.4 Å². The van der Waals surface area contributed by atoms with Crippen molar-refractivity contribution in [2.24, 2.45) is 0 Å². The third kappa shape index (κ3) is 3.54. The lowest BCUT2D eigenvalue weighted by Crippen LogP contribution is -2.50. The number of benzene rings is 2. The normalized spacial score (nSPS) is 18.4. The Labute approximate surface area is 182 Å². The fourth-order valence-electron chi connectivity index (χ4n) is 4.69. The van der Waals surface area contributed by atoms with Crippen molar-refractivity contribution in [2.75, 3.05) is 19.8 Å². The average Bonchev–Trinajstić information content (AvgIpc) is 3.14. The molecule has 0 amide bonds. The molecule has 0 aliphatic carbocycles. The van der Waals surface area contributed by atoms with Gasteiger partial charge in [0, 0.05) is 36.8 Å². The van der Waals surface area contributed by atoms with Gasteiger partial charge in [-0.1, -0.05) is 6.07 Å². The van der Waals surface area contributed by atoms with Crippen molar-refractivity contribution in [1.82, 2.24) is 5.32 Å². The summed E-state index contributed by atoms with van der Waals surface area (Å²) in [4.78, 5) is 0.436. The van der Waals surface area contributed by atoms with Crippen LogP contribution in [0, 0.1) is 0 Å². The van der Waals surface area contributed by atoms with E-state index in [2.05, 4.69) is 5.32 Å². The highest BCUT2D eigenvalue weighted by Gasteiger charge is 2.42. The van der Waals surface area contributed by atoms with Crippen LogP contribution in [0.1, 0.15) is 38.0 Å². The SMILES string of the molecule is CC(C)Oc1cccc(S(=O)(=O)c2ccc3c4c(oc3c2)C2(CCOCC2)NCC4)c1. The molecule has 1 spiro atoms. The molecule has 0 radical (unpaired) electrons. The summed E-state index contributed by atoms with van der Waals surface area (Å²) in [5.74, 6) is 1.48. The standard InChI is InChI=1S/C24H27NO5S/c1-16(2)29-17-4-3-5-18(14-17)31(26,27)19-6-7-20-21-8-11-25-24(9-12-28-13-10-24)23(21)30-22(20)15-19/h3-7,14-16,25H,8-13H2,1-2H3. The predicted molar refractivity (Wildman–Crippen MR) is 117 cm³/mol. The van der Waals surface area contributed by atoms with E-state index in [1.165, 1.54) is 5.56 Å². The molecule has 3 heterocycles. The maximum absolute atomic E-state index is 13.3. The third-order valence-corrected chi connectivity index (χ3v) is 7.93. The van der Waals surface area contributed by atoms with Gasteiger partial charge in [0.25, 0.3) is 0 Å². The van der Waals surface area contributed by atoms with E-state index in [-0.39, 0.29) is 21.4 Å². The van der Waals surface area contributed by atoms with Gasteiger partial charge in [-0.2, -0.15) is 0 Å². The first-order chi connectivity index (χ1) is 14.9. The molecule has 7 heteroatoms. The number of hydrogen-bond acceptors (Lipinski definition) is 6. The van der Waals surface area contributed by atoms with Crippen LogP contribution in [-0.2, 0) is 26.5 Å². The monoisotopic (exact) mass is 441 g/mol. The molecular formula is C24H27NO5S. The van der Waals surface area contributed by atoms with Gasteiger partial charge in [-0.25, -0.2) is 8.42 Å². The second kappa shape index (κ2) is 7.65. The fourth-order valence-corrected chi connectivity index (χ4v) is 6.00. The number of hydrogen-bond donors (Lipinski definition) is 1. The maximum atomic E-state index is 13.3. The Morgan fingerprint density at radius 3 is 2.61 bits per heavy atom. The minimum Gasteiger partial charge on any atom is -0.491 e. The first kappa shape index (κ1) is 20.5. The topological polar surface area (TPSA) is 77.8 Å². The van der Waals surface area contributed by atoms with E-state index in [0.717, 1.165) is 37.0 Å². The van der Waals surface area contributed by atoms with E-state index < -0.39 is 9.84 Å². The molecule has 1 N–H and O–H groups in total. The van der Waals surface area contributed by atoms with Crippen molar-refractivity contribution in [3.05, 3.63) is 53.8 Å². The second-order valence-corrected chi connectivity index (χ2v) is 10.5. The molecule has 164 valence electrons. The molecule has 2 aromatic carbocycles. The zero-order valence-electron chi connectivity index (χ0n) is 17.8. The number of furan rings is 1. The number of rotatable bonds is 4. The van der Waals surface area contributed by atoms with Gasteiger partial charge < -0.3 is 19.2 Å². The zero-order valence-corrected chi connectivity index (χ0v) is 18.6. The van der Waals surface area contributed by atoms with Crippen LogP contribution in [0.5, 0.6) is 5.75 Å². The molecule has 31 heavy (non-hydrogen) atoms. The van der Waals surface area contributed by atoms with E-state index in [1.54, 1.807) is 36.4 Å². The number of ether oxygens (including phenoxy) is 2. The smallest absolute Gasteiger partial charge is 0.206 e. The van der Waals surface area contributed by atoms with Crippen molar-refractivity contribution < 1.29 is 22.3 Å². The van der Waals surface area contributed by atoms with E-state index in [4.69, 9.17) is 13.9 Å². The molecule has 0 atom stereocenters. The third-order valence-electron chi connectivity index (χ3n) is 6.18. The van der Waals surface area contributed by atoms with Crippen LogP contribution in [0.2, 0.25) is 0 Å². The summed E-state index contributed by atoms with van der Waals surface area (Å²) in [6, 6.07) is 11.9. The minimum atomic E-state index is -3.70. The largest absolute Gasteiger partial charge is 0.491 e. The average molecular weight is 442 g/mol. The first-order valence-electron chi connectivity index (χ1n) is 10.8. The van der Waals surface area contributed by atoms with Gasteiger partial charge in [-0.15, -0.1) is 0 Å². The molecule has 0 saturated carbocycles. The molecule has 5 rings (SSSR count). The molecule has 1 saturated heterocycles. The number of sulfone groups is 1. The van der Waals surface area contributed by atoms with Crippen molar-refractivity contribution >= 4 is 20.8 Å². The summed E-state index contributed by atoms with van der Waals surface area (Å²) in [6.45, 7) is 6.09. The Morgan fingerprint density at radius 1 is 1.06 bits per heavy atom. The molecule has 0 bridgehead atoms. The molecule has 3 aromatic rings. The van der Waals surface area contributed by atoms with Gasteiger partial charge in [0.2, 0.25) is 9.84 Å². The van der Waals surface area contributed by atoms with E-state index in [1.807, 2.05) is 19.9 Å². The molecule has 0 unspecified atom stereocenters. The Hall–Kier alpha value is -2.35. The molecular weight excluding hydrogens is 414 g/mol. The highest BCUT2D eigenvalue weighted by atomic mass is 32.2. The van der Waals surface area contributed by atoms with Crippen LogP contribution in [0.3, 0.4) is 0 Å². The van der Waals surface area contributed by atoms with Crippen LogP contribution < -0.4 is 10.1 Å². The van der Waals surface area contributed by atoms with Gasteiger partial charge in [-0.3, -0.25) is 0 Å². The lowest BCUT2D eigenvalue weighted by molar-refractivity contribution is 0.0252. The zero-order chi connectivity index (χ0) is 21.6. The second-order valence-electron chi connectivity index (χ2n) is 8.58. The minimum absolute atomic E-state index is 0.0325. The van der Waals surface area contributed by atoms with E-state index in [0.29, 0.717) is 24.5 Å². The number of fused-ring (bicyclic) bond motifs is 4. The summed E-state index contributed by atoms with van der Waals surface area (Å²) in [7, 11) is -3.70. The van der Waals surface area contributed by atoms with Crippen molar-refractivity contribution in [3.63, 3.8) is 0 Å². The van der Waals surface area contributed by atoms with Crippen molar-refractivity contribution in [1.29, 1.82) is 0 Å². The van der Waals surface area contributed by atoms with Gasteiger partial charge in [0.1, 0.15) is 17.1 Å². The Morgan fingerprint density at radius 2 is 1.84 bits per heavy atom. The van der Waals surface area contributed by atoms with Gasteiger partial charge >= 0.3 is 0 Å². The van der Waals surface area contributed by atoms with Crippen LogP contribution in [0.15, 0.2) is 56.7 Å². The summed E-state index contributed by atoms with van der Waals surface area (Å²) >= 11 is 0. The summed E-state index contributed by atoms with van der Waals surface area (Å²) in [5.41, 5.74) is 1.59. The molecule has 2 aliphatic heterocycles. The van der Waals surface area contributed by atoms with Crippen molar-refractivity contribution in [2.45, 2.75) is 54.5 Å². The Kier molecular flexibility index (Phi) is 5.07. The Bertz CT molecular complexity index is 1220. The Balaban J connectivity index is 1.56. The first-order valence-corrected chi connectivity index (χ1v) is 12.3. The molecule has 1 aromatic heterocycles. The van der Waals surface area contributed by atoms with Crippen LogP contribution >= 0.6 is 0 Å². The quantitative estimate of drug-likeness (QED) is 0.654. The van der Waals surface area contributed by atoms with E-state index >= 15 is 0 Å². The van der Waals surface area contributed by atoms with Crippen LogP contribution in [-0.4, -0.2) is 34.3 Å². The lowest BCUT2D eigenvalue weighted by Gasteiger charge is -2.39. The highest BCUT2D eigenvalue weighted by Crippen LogP contribution is 2.42. The van der Waals surface area contributed by atoms with Gasteiger partial charge in [0.05, 0.1) is 21.4 Å². The van der Waals surface area contributed by atoms with Crippen LogP contribution in [0.25, 0.3) is 11.0 Å². The lowest BCUT2D eigenvalue weighted by atomic mass is 9.81. The highest BCUT2D eigenvalue weighted by molar-refractivity contribution is 7.91. The maximum Gasteiger partial charge on any atom is 0.206 e. The summed E-state index contributed by atoms with van der Waals surface area (Å²) in [6.07, 6.45) is 2.54. The number of nitrogens with one attached hydrogen (secondary N) is 1. The molecule has 2 aliphatic rings. The predicted octanol–water partition coefficient (Wildman–Crippen LogP) is 4.20.